The summed E-state index contributed by atoms with van der Waals surface area (Å²) in [7, 11) is 1.45. The fraction of sp³-hybridized carbons (Fsp3) is 0.308. The zero-order valence-corrected chi connectivity index (χ0v) is 58.7. The molecule has 3 atom stereocenters. The first-order valence-corrected chi connectivity index (χ1v) is 35.3. The monoisotopic (exact) mass is 1460 g/mol. The van der Waals surface area contributed by atoms with Gasteiger partial charge in [-0.2, -0.15) is 18.2 Å². The van der Waals surface area contributed by atoms with Gasteiger partial charge in [0.2, 0.25) is 0 Å². The van der Waals surface area contributed by atoms with Gasteiger partial charge in [-0.3, -0.25) is 25.0 Å². The van der Waals surface area contributed by atoms with Crippen LogP contribution in [-0.2, 0) is 24.4 Å². The molecule has 22 nitrogen and oxygen atoms in total. The van der Waals surface area contributed by atoms with E-state index in [4.69, 9.17) is 24.9 Å². The minimum atomic E-state index is -4.44. The molecule has 0 saturated carbocycles. The van der Waals surface area contributed by atoms with E-state index in [1.807, 2.05) is 48.5 Å². The number of hydrogen-bond acceptors (Lipinski definition) is 16. The number of ether oxygens (including phenoxy) is 1. The molecule has 6 bridgehead atoms. The van der Waals surface area contributed by atoms with Crippen LogP contribution in [0.15, 0.2) is 181 Å². The molecule has 6 aliphatic rings. The Morgan fingerprint density at radius 3 is 1.45 bits per heavy atom. The van der Waals surface area contributed by atoms with E-state index in [2.05, 4.69) is 55.6 Å². The molecule has 0 radical (unpaired) electrons. The highest BCUT2D eigenvalue weighted by atomic mass is 19.4. The second-order valence-corrected chi connectivity index (χ2v) is 27.1. The summed E-state index contributed by atoms with van der Waals surface area (Å²) in [6, 6.07) is 38.2. The number of nitrogens with two attached hydrogens (primary N) is 1. The molecule has 0 aliphatic carbocycles. The standard InChI is InChI=1S/C31H32F2N6O2.C24H24F2N6O2.C23H20F3N5O/c1-31(32,33)22-7-2-5-21(15-22)26-11-12-27-29(37-26)39(24-8-4-14-38(27)18-24)30(40)36-23-10-9-20(6-3-13-34)25(16-23)28-17-35-19-41-28;1-24(25,26)16-6-3-5-15(13-16)18-8-9-19-21(28-18)32(17-7-4-12-31(19)14-17)23(33)30-20-10-11-27-22(29-20)34-2;24-23(25,26)16-4-1-3-15(13-16)19-6-7-20-21(29-19)31(18-5-2-12-30(20)14-18)22(32)28-17-8-10-27-11-9-17/h2,5,7,9-12,15-17,19,24H,3-4,6,8,13-14,18,34H2,1H3,(H,36,40);3,5-6,8-11,13,17H,4,7,12,14H2,1-2H3,(H,27,29,30,33);1,3-4,6-11,13,18H,2,5,12,14H2,(H,27,28,32)/t24-;17-;18-/m000/s1. The average Bonchev–Trinajstić information content (AvgIpc) is 1.15. The van der Waals surface area contributed by atoms with Gasteiger partial charge in [-0.1, -0.05) is 54.6 Å². The maximum atomic E-state index is 14.1. The Labute approximate surface area is 611 Å². The molecule has 0 spiro atoms. The molecule has 5 N–H and O–H groups in total. The summed E-state index contributed by atoms with van der Waals surface area (Å²) in [5, 5.41) is 8.77. The van der Waals surface area contributed by atoms with Crippen molar-refractivity contribution in [3.63, 3.8) is 0 Å². The molecule has 3 saturated heterocycles. The lowest BCUT2D eigenvalue weighted by molar-refractivity contribution is -0.137. The van der Waals surface area contributed by atoms with Crippen molar-refractivity contribution >= 4 is 69.8 Å². The van der Waals surface area contributed by atoms with Gasteiger partial charge in [0.05, 0.1) is 71.1 Å². The Kier molecular flexibility index (Phi) is 20.5. The normalized spacial score (nSPS) is 17.1. The molecular formula is C78H76F7N17O5. The van der Waals surface area contributed by atoms with E-state index in [0.29, 0.717) is 100 Å². The van der Waals surface area contributed by atoms with Crippen molar-refractivity contribution in [1.82, 2.24) is 34.9 Å². The molecule has 552 valence electrons. The zero-order chi connectivity index (χ0) is 74.7. The number of alkyl halides is 7. The summed E-state index contributed by atoms with van der Waals surface area (Å²) in [5.41, 5.74) is 13.4. The lowest BCUT2D eigenvalue weighted by Gasteiger charge is -2.45. The smallest absolute Gasteiger partial charge is 0.416 e. The van der Waals surface area contributed by atoms with Crippen LogP contribution in [0.4, 0.5) is 96.8 Å². The van der Waals surface area contributed by atoms with Crippen LogP contribution in [0.25, 0.3) is 45.1 Å². The number of carbonyl (C=O) groups is 3. The van der Waals surface area contributed by atoms with Crippen LogP contribution in [0.5, 0.6) is 6.01 Å². The third kappa shape index (κ3) is 15.8. The van der Waals surface area contributed by atoms with Crippen molar-refractivity contribution in [2.24, 2.45) is 5.73 Å². The Hall–Kier alpha value is -11.8. The first-order chi connectivity index (χ1) is 51.5. The van der Waals surface area contributed by atoms with E-state index < -0.39 is 23.6 Å². The maximum Gasteiger partial charge on any atom is 0.416 e. The summed E-state index contributed by atoms with van der Waals surface area (Å²) in [5.74, 6) is -3.51. The van der Waals surface area contributed by atoms with Crippen LogP contribution in [0.2, 0.25) is 0 Å². The van der Waals surface area contributed by atoms with Gasteiger partial charge in [-0.25, -0.2) is 56.9 Å². The second kappa shape index (κ2) is 30.4. The molecule has 3 fully saturated rings. The van der Waals surface area contributed by atoms with E-state index >= 15 is 0 Å². The van der Waals surface area contributed by atoms with Gasteiger partial charge in [0, 0.05) is 116 Å². The highest BCUT2D eigenvalue weighted by Crippen LogP contribution is 2.45. The summed E-state index contributed by atoms with van der Waals surface area (Å²) >= 11 is 0. The number of aromatic nitrogens is 7. The topological polar surface area (TPSA) is 245 Å². The molecule has 6 amide bonds. The number of rotatable bonds is 13. The van der Waals surface area contributed by atoms with Crippen LogP contribution >= 0.6 is 0 Å². The molecule has 107 heavy (non-hydrogen) atoms. The van der Waals surface area contributed by atoms with Gasteiger partial charge < -0.3 is 40.2 Å². The van der Waals surface area contributed by atoms with E-state index in [9.17, 15) is 45.1 Å². The number of nitrogens with zero attached hydrogens (tertiary/aromatic N) is 13. The number of methoxy groups -OCH3 is 1. The van der Waals surface area contributed by atoms with Crippen molar-refractivity contribution in [2.45, 2.75) is 101 Å². The van der Waals surface area contributed by atoms with Gasteiger partial charge in [-0.15, -0.1) is 0 Å². The van der Waals surface area contributed by atoms with E-state index in [-0.39, 0.29) is 53.4 Å². The van der Waals surface area contributed by atoms with Crippen molar-refractivity contribution in [1.29, 1.82) is 0 Å². The number of fused-ring (bicyclic) bond motifs is 12. The SMILES string of the molecule is CC(F)(F)c1cccc(-c2ccc3c(n2)N(C(=O)Nc2ccc(CCCN)c(-c4cnco4)c2)[C@H]2CCCN3C2)c1.COc1nccc(NC(=O)N2c3nc(-c4cccc(C(C)(F)F)c4)ccc3N3CCC[C@H]2C3)n1.O=C(Nc1ccncc1)N1c2nc(-c3cccc(C(F)(F)F)c3)ccc2N2CCC[C@H]1C2. The number of amides is 6. The Bertz CT molecular complexity index is 4890. The van der Waals surface area contributed by atoms with Crippen molar-refractivity contribution in [3.8, 4) is 51.1 Å². The average molecular weight is 1460 g/mol. The molecule has 4 aromatic carbocycles. The molecule has 12 heterocycles. The summed E-state index contributed by atoms with van der Waals surface area (Å²) < 4.78 is 106. The van der Waals surface area contributed by atoms with Crippen LogP contribution in [0, 0.1) is 0 Å². The maximum absolute atomic E-state index is 14.1. The molecule has 6 aliphatic heterocycles. The third-order valence-corrected chi connectivity index (χ3v) is 19.7. The van der Waals surface area contributed by atoms with E-state index in [0.717, 1.165) is 125 Å². The summed E-state index contributed by atoms with van der Waals surface area (Å²) in [4.78, 5) is 82.7. The number of piperidine rings is 3. The number of pyridine rings is 4. The van der Waals surface area contributed by atoms with E-state index in [1.165, 1.54) is 50.0 Å². The lowest BCUT2D eigenvalue weighted by atomic mass is 9.98. The van der Waals surface area contributed by atoms with Crippen LogP contribution in [0.3, 0.4) is 0 Å². The largest absolute Gasteiger partial charge is 0.467 e. The van der Waals surface area contributed by atoms with Crippen molar-refractivity contribution in [2.75, 3.05) is 98.3 Å². The number of anilines is 9. The zero-order valence-electron chi connectivity index (χ0n) is 58.7. The molecule has 6 aromatic heterocycles. The number of nitrogens with one attached hydrogen (secondary N) is 3. The predicted octanol–water partition coefficient (Wildman–Crippen LogP) is 16.3. The molecule has 29 heteroatoms. The van der Waals surface area contributed by atoms with Gasteiger partial charge in [-0.05, 0) is 154 Å². The fourth-order valence-corrected chi connectivity index (χ4v) is 14.5. The number of oxazole rings is 1. The van der Waals surface area contributed by atoms with Crippen LogP contribution in [-0.4, -0.2) is 124 Å². The first kappa shape index (κ1) is 72.2. The highest BCUT2D eigenvalue weighted by Gasteiger charge is 2.43. The lowest BCUT2D eigenvalue weighted by Crippen LogP contribution is -2.56. The molecular weight excluding hydrogens is 1390 g/mol. The minimum absolute atomic E-state index is 0.0668. The van der Waals surface area contributed by atoms with Gasteiger partial charge in [0.25, 0.3) is 11.8 Å². The predicted molar refractivity (Wildman–Crippen MR) is 395 cm³/mol. The van der Waals surface area contributed by atoms with Gasteiger partial charge in [0.15, 0.2) is 29.6 Å². The number of aryl methyl sites for hydroxylation is 1. The summed E-state index contributed by atoms with van der Waals surface area (Å²) in [6.07, 6.45) is 10.2. The van der Waals surface area contributed by atoms with Crippen LogP contribution < -0.4 is 55.8 Å². The number of carbonyl (C=O) groups excluding carboxylic acids is 3. The fourth-order valence-electron chi connectivity index (χ4n) is 14.5. The first-order valence-electron chi connectivity index (χ1n) is 35.3. The number of halogens is 7. The van der Waals surface area contributed by atoms with Crippen LogP contribution in [0.1, 0.15) is 81.0 Å². The number of hydrogen-bond donors (Lipinski definition) is 4. The van der Waals surface area contributed by atoms with Gasteiger partial charge >= 0.3 is 30.3 Å². The third-order valence-electron chi connectivity index (χ3n) is 19.7. The minimum Gasteiger partial charge on any atom is -0.467 e. The van der Waals surface area contributed by atoms with E-state index in [1.54, 1.807) is 87.9 Å². The van der Waals surface area contributed by atoms with Gasteiger partial charge in [0.1, 0.15) is 5.82 Å². The Morgan fingerprint density at radius 2 is 1.00 bits per heavy atom. The molecule has 10 aromatic rings. The number of benzene rings is 4. The molecule has 0 unspecified atom stereocenters. The molecule has 16 rings (SSSR count). The number of urea groups is 3. The Morgan fingerprint density at radius 1 is 0.533 bits per heavy atom. The van der Waals surface area contributed by atoms with Crippen molar-refractivity contribution in [3.05, 3.63) is 199 Å². The Balaban J connectivity index is 0.000000136. The second-order valence-electron chi connectivity index (χ2n) is 27.1. The van der Waals surface area contributed by atoms with Crippen molar-refractivity contribution < 1.29 is 54.3 Å². The quantitative estimate of drug-likeness (QED) is 0.0784. The summed E-state index contributed by atoms with van der Waals surface area (Å²) in [6.45, 7) is 7.03. The highest BCUT2D eigenvalue weighted by molar-refractivity contribution is 6.07.